The zero-order valence-corrected chi connectivity index (χ0v) is 16.1. The average Bonchev–Trinajstić information content (AvgIpc) is 3.23. The Labute approximate surface area is 167 Å². The number of amides is 1. The number of nitrogens with zero attached hydrogens (tertiary/aromatic N) is 3. The van der Waals surface area contributed by atoms with E-state index in [0.717, 1.165) is 22.6 Å². The number of carbonyl (C=O) groups is 1. The van der Waals surface area contributed by atoms with Crippen molar-refractivity contribution in [1.29, 1.82) is 5.26 Å². The van der Waals surface area contributed by atoms with Gasteiger partial charge in [-0.25, -0.2) is 10.4 Å². The lowest BCUT2D eigenvalue weighted by molar-refractivity contribution is 0.0951. The maximum atomic E-state index is 12.2. The Kier molecular flexibility index (Phi) is 6.50. The molecular weight excluding hydrogens is 372 g/mol. The molecule has 1 heterocycles. The van der Waals surface area contributed by atoms with Gasteiger partial charge in [0, 0.05) is 10.9 Å². The van der Waals surface area contributed by atoms with Gasteiger partial charge in [-0.2, -0.15) is 10.4 Å². The van der Waals surface area contributed by atoms with E-state index in [1.165, 1.54) is 23.1 Å². The van der Waals surface area contributed by atoms with Crippen molar-refractivity contribution in [2.45, 2.75) is 13.3 Å². The molecule has 7 heteroatoms. The molecule has 0 unspecified atom stereocenters. The summed E-state index contributed by atoms with van der Waals surface area (Å²) in [4.78, 5) is 16.6. The number of carbonyl (C=O) groups excluding carboxylic acids is 1. The first-order valence-corrected chi connectivity index (χ1v) is 9.55. The lowest BCUT2D eigenvalue weighted by Crippen LogP contribution is -2.17. The van der Waals surface area contributed by atoms with Gasteiger partial charge in [-0.3, -0.25) is 4.79 Å². The van der Waals surface area contributed by atoms with E-state index < -0.39 is 0 Å². The van der Waals surface area contributed by atoms with Gasteiger partial charge in [0.15, 0.2) is 6.61 Å². The number of hydrogen-bond donors (Lipinski definition) is 1. The first-order chi connectivity index (χ1) is 13.7. The van der Waals surface area contributed by atoms with E-state index in [0.29, 0.717) is 11.4 Å². The van der Waals surface area contributed by atoms with Gasteiger partial charge in [-0.1, -0.05) is 31.2 Å². The molecule has 3 rings (SSSR count). The Morgan fingerprint density at radius 1 is 1.25 bits per heavy atom. The van der Waals surface area contributed by atoms with Gasteiger partial charge in [0.25, 0.3) is 5.91 Å². The summed E-state index contributed by atoms with van der Waals surface area (Å²) in [7, 11) is 0. The molecule has 1 aromatic heterocycles. The molecule has 0 aliphatic heterocycles. The van der Waals surface area contributed by atoms with E-state index in [9.17, 15) is 4.79 Å². The Balaban J connectivity index is 1.58. The van der Waals surface area contributed by atoms with Crippen LogP contribution in [0, 0.1) is 11.3 Å². The third-order valence-corrected chi connectivity index (χ3v) is 4.80. The molecule has 1 N–H and O–H groups in total. The molecule has 1 amide bonds. The molecule has 0 aliphatic carbocycles. The van der Waals surface area contributed by atoms with Gasteiger partial charge >= 0.3 is 0 Å². The maximum Gasteiger partial charge on any atom is 0.290 e. The van der Waals surface area contributed by atoms with Crippen LogP contribution >= 0.6 is 11.3 Å². The van der Waals surface area contributed by atoms with Crippen molar-refractivity contribution in [3.8, 4) is 22.4 Å². The molecule has 0 bridgehead atoms. The molecule has 140 valence electrons. The summed E-state index contributed by atoms with van der Waals surface area (Å²) in [6, 6.07) is 17.1. The molecule has 6 nitrogen and oxygen atoms in total. The summed E-state index contributed by atoms with van der Waals surface area (Å²) in [5, 5.41) is 15.0. The minimum absolute atomic E-state index is 0.00186. The second-order valence-corrected chi connectivity index (χ2v) is 6.66. The van der Waals surface area contributed by atoms with Crippen molar-refractivity contribution in [2.75, 3.05) is 6.61 Å². The van der Waals surface area contributed by atoms with Crippen LogP contribution in [0.4, 0.5) is 0 Å². The molecule has 2 aromatic carbocycles. The first-order valence-electron chi connectivity index (χ1n) is 8.67. The molecule has 0 fully saturated rings. The molecule has 0 saturated heterocycles. The predicted molar refractivity (Wildman–Crippen MR) is 110 cm³/mol. The Hall–Kier alpha value is -3.50. The zero-order chi connectivity index (χ0) is 19.8. The number of hydrogen-bond acceptors (Lipinski definition) is 6. The molecular formula is C21H18N4O2S. The van der Waals surface area contributed by atoms with Gasteiger partial charge in [0.2, 0.25) is 0 Å². The maximum absolute atomic E-state index is 12.2. The number of aryl methyl sites for hydroxylation is 1. The Morgan fingerprint density at radius 3 is 2.68 bits per heavy atom. The Morgan fingerprint density at radius 2 is 2.00 bits per heavy atom. The van der Waals surface area contributed by atoms with E-state index in [1.54, 1.807) is 29.6 Å². The number of benzene rings is 2. The van der Waals surface area contributed by atoms with Crippen molar-refractivity contribution in [1.82, 2.24) is 10.4 Å². The van der Waals surface area contributed by atoms with Crippen LogP contribution < -0.4 is 10.2 Å². The molecule has 0 atom stereocenters. The number of aromatic nitrogens is 1. The molecule has 0 saturated carbocycles. The summed E-state index contributed by atoms with van der Waals surface area (Å²) in [5.74, 6) is 0.239. The fraction of sp³-hybridized carbons (Fsp3) is 0.143. The van der Waals surface area contributed by atoms with Crippen LogP contribution in [0.5, 0.6) is 5.75 Å². The SMILES string of the molecule is CCc1ccc(-c2nc(C(=O)N/N=C\c3ccc(OCC#N)cc3)cs2)cc1. The highest BCUT2D eigenvalue weighted by atomic mass is 32.1. The van der Waals surface area contributed by atoms with Crippen molar-refractivity contribution in [3.05, 3.63) is 70.7 Å². The van der Waals surface area contributed by atoms with Crippen LogP contribution in [-0.2, 0) is 6.42 Å². The normalized spacial score (nSPS) is 10.6. The summed E-state index contributed by atoms with van der Waals surface area (Å²) in [6.07, 6.45) is 2.52. The first kappa shape index (κ1) is 19.3. The largest absolute Gasteiger partial charge is 0.479 e. The Bertz CT molecular complexity index is 1000. The monoisotopic (exact) mass is 390 g/mol. The summed E-state index contributed by atoms with van der Waals surface area (Å²) in [6.45, 7) is 2.11. The van der Waals surface area contributed by atoms with Crippen LogP contribution in [0.15, 0.2) is 59.0 Å². The summed E-state index contributed by atoms with van der Waals surface area (Å²) < 4.78 is 5.18. The van der Waals surface area contributed by atoms with E-state index in [-0.39, 0.29) is 12.5 Å². The van der Waals surface area contributed by atoms with Crippen LogP contribution in [0.1, 0.15) is 28.5 Å². The zero-order valence-electron chi connectivity index (χ0n) is 15.3. The quantitative estimate of drug-likeness (QED) is 0.487. The lowest BCUT2D eigenvalue weighted by Gasteiger charge is -2.01. The average molecular weight is 390 g/mol. The van der Waals surface area contributed by atoms with E-state index in [4.69, 9.17) is 10.00 Å². The minimum atomic E-state index is -0.363. The third kappa shape index (κ3) is 5.02. The van der Waals surface area contributed by atoms with Gasteiger partial charge < -0.3 is 4.74 Å². The number of ether oxygens (including phenoxy) is 1. The van der Waals surface area contributed by atoms with Crippen LogP contribution in [-0.4, -0.2) is 23.7 Å². The van der Waals surface area contributed by atoms with E-state index in [1.807, 2.05) is 18.2 Å². The fourth-order valence-electron chi connectivity index (χ4n) is 2.38. The van der Waals surface area contributed by atoms with Crippen LogP contribution in [0.3, 0.4) is 0 Å². The third-order valence-electron chi connectivity index (χ3n) is 3.91. The van der Waals surface area contributed by atoms with Gasteiger partial charge in [0.05, 0.1) is 6.21 Å². The molecule has 3 aromatic rings. The smallest absolute Gasteiger partial charge is 0.290 e. The number of thiazole rings is 1. The van der Waals surface area contributed by atoms with E-state index in [2.05, 4.69) is 34.6 Å². The second kappa shape index (κ2) is 9.44. The summed E-state index contributed by atoms with van der Waals surface area (Å²) >= 11 is 1.42. The standard InChI is InChI=1S/C21H18N4O2S/c1-2-15-3-7-17(8-4-15)21-24-19(14-28-21)20(26)25-23-13-16-5-9-18(10-6-16)27-12-11-22/h3-10,13-14H,2,12H2,1H3,(H,25,26)/b23-13-. The molecule has 28 heavy (non-hydrogen) atoms. The van der Waals surface area contributed by atoms with Gasteiger partial charge in [-0.15, -0.1) is 11.3 Å². The number of nitrogens with one attached hydrogen (secondary N) is 1. The lowest BCUT2D eigenvalue weighted by atomic mass is 10.1. The number of rotatable bonds is 7. The highest BCUT2D eigenvalue weighted by molar-refractivity contribution is 7.13. The van der Waals surface area contributed by atoms with Crippen molar-refractivity contribution < 1.29 is 9.53 Å². The highest BCUT2D eigenvalue weighted by Gasteiger charge is 2.11. The topological polar surface area (TPSA) is 87.4 Å². The van der Waals surface area contributed by atoms with E-state index >= 15 is 0 Å². The van der Waals surface area contributed by atoms with Crippen LogP contribution in [0.2, 0.25) is 0 Å². The fourth-order valence-corrected chi connectivity index (χ4v) is 3.19. The molecule has 0 radical (unpaired) electrons. The number of hydrazone groups is 1. The predicted octanol–water partition coefficient (Wildman–Crippen LogP) is 4.04. The van der Waals surface area contributed by atoms with Crippen molar-refractivity contribution in [3.63, 3.8) is 0 Å². The van der Waals surface area contributed by atoms with Crippen molar-refractivity contribution in [2.24, 2.45) is 5.10 Å². The van der Waals surface area contributed by atoms with Crippen LogP contribution in [0.25, 0.3) is 10.6 Å². The van der Waals surface area contributed by atoms with Gasteiger partial charge in [0.1, 0.15) is 22.5 Å². The number of nitriles is 1. The second-order valence-electron chi connectivity index (χ2n) is 5.80. The van der Waals surface area contributed by atoms with Gasteiger partial charge in [-0.05, 0) is 41.8 Å². The minimum Gasteiger partial charge on any atom is -0.479 e. The summed E-state index contributed by atoms with van der Waals surface area (Å²) in [5.41, 5.74) is 5.85. The van der Waals surface area contributed by atoms with Crippen molar-refractivity contribution >= 4 is 23.5 Å². The molecule has 0 aliphatic rings. The molecule has 0 spiro atoms. The highest BCUT2D eigenvalue weighted by Crippen LogP contribution is 2.24.